The summed E-state index contributed by atoms with van der Waals surface area (Å²) in [4.78, 5) is 26.6. The van der Waals surface area contributed by atoms with E-state index in [0.717, 1.165) is 38.8 Å². The highest BCUT2D eigenvalue weighted by Crippen LogP contribution is 2.34. The second-order valence-corrected chi connectivity index (χ2v) is 7.33. The summed E-state index contributed by atoms with van der Waals surface area (Å²) >= 11 is 0. The highest BCUT2D eigenvalue weighted by atomic mass is 16.7. The van der Waals surface area contributed by atoms with Gasteiger partial charge in [0, 0.05) is 36.8 Å². The molecule has 1 unspecified atom stereocenters. The zero-order valence-corrected chi connectivity index (χ0v) is 15.0. The highest BCUT2D eigenvalue weighted by molar-refractivity contribution is 5.94. The summed E-state index contributed by atoms with van der Waals surface area (Å²) < 4.78 is 10.6. The van der Waals surface area contributed by atoms with Crippen molar-refractivity contribution in [1.82, 2.24) is 10.2 Å². The second-order valence-electron chi connectivity index (χ2n) is 7.33. The lowest BCUT2D eigenvalue weighted by molar-refractivity contribution is -0.124. The van der Waals surface area contributed by atoms with Gasteiger partial charge >= 0.3 is 0 Å². The Balaban J connectivity index is 1.27. The molecular weight excluding hydrogens is 334 g/mol. The molecule has 2 heterocycles. The van der Waals surface area contributed by atoms with Crippen molar-refractivity contribution in [1.29, 1.82) is 0 Å². The number of nitrogens with one attached hydrogen (secondary N) is 2. The SMILES string of the molecule is CC(C(=O)Nc1ccc2c(c1)OCO2)N1CCC(NC(=O)C2CC2)CC1. The van der Waals surface area contributed by atoms with Crippen LogP contribution in [0, 0.1) is 5.92 Å². The molecule has 2 N–H and O–H groups in total. The fourth-order valence-electron chi connectivity index (χ4n) is 3.48. The van der Waals surface area contributed by atoms with Gasteiger partial charge in [-0.1, -0.05) is 0 Å². The van der Waals surface area contributed by atoms with E-state index in [1.54, 1.807) is 12.1 Å². The first-order chi connectivity index (χ1) is 12.6. The Morgan fingerprint density at radius 2 is 1.85 bits per heavy atom. The van der Waals surface area contributed by atoms with E-state index >= 15 is 0 Å². The lowest BCUT2D eigenvalue weighted by Gasteiger charge is -2.35. The van der Waals surface area contributed by atoms with Crippen LogP contribution < -0.4 is 20.1 Å². The zero-order chi connectivity index (χ0) is 18.1. The standard InChI is InChI=1S/C19H25N3O4/c1-12(18(23)21-15-4-5-16-17(10-15)26-11-25-16)22-8-6-14(7-9-22)20-19(24)13-2-3-13/h4-5,10,12-14H,2-3,6-9,11H2,1H3,(H,20,24)(H,21,23). The lowest BCUT2D eigenvalue weighted by Crippen LogP contribution is -2.50. The van der Waals surface area contributed by atoms with Crippen LogP contribution in [-0.4, -0.2) is 48.7 Å². The summed E-state index contributed by atoms with van der Waals surface area (Å²) in [5.41, 5.74) is 0.706. The number of hydrogen-bond donors (Lipinski definition) is 2. The van der Waals surface area contributed by atoms with Gasteiger partial charge in [-0.3, -0.25) is 14.5 Å². The van der Waals surface area contributed by atoms with Crippen LogP contribution in [0.2, 0.25) is 0 Å². The monoisotopic (exact) mass is 359 g/mol. The fraction of sp³-hybridized carbons (Fsp3) is 0.579. The molecule has 1 aromatic rings. The molecule has 1 aliphatic carbocycles. The number of piperidine rings is 1. The van der Waals surface area contributed by atoms with E-state index in [1.165, 1.54) is 0 Å². The van der Waals surface area contributed by atoms with Gasteiger partial charge in [-0.25, -0.2) is 0 Å². The number of carbonyl (C=O) groups excluding carboxylic acids is 2. The highest BCUT2D eigenvalue weighted by Gasteiger charge is 2.33. The van der Waals surface area contributed by atoms with Gasteiger partial charge in [-0.15, -0.1) is 0 Å². The minimum absolute atomic E-state index is 0.0377. The van der Waals surface area contributed by atoms with Crippen LogP contribution in [0.15, 0.2) is 18.2 Å². The van der Waals surface area contributed by atoms with Gasteiger partial charge in [0.05, 0.1) is 6.04 Å². The Kier molecular flexibility index (Phi) is 4.72. The van der Waals surface area contributed by atoms with Crippen molar-refractivity contribution in [3.63, 3.8) is 0 Å². The quantitative estimate of drug-likeness (QED) is 0.837. The van der Waals surface area contributed by atoms with E-state index in [-0.39, 0.29) is 36.6 Å². The Bertz CT molecular complexity index is 696. The summed E-state index contributed by atoms with van der Waals surface area (Å²) in [5, 5.41) is 6.09. The van der Waals surface area contributed by atoms with Crippen molar-refractivity contribution in [2.45, 2.75) is 44.7 Å². The first-order valence-electron chi connectivity index (χ1n) is 9.35. The van der Waals surface area contributed by atoms with Crippen LogP contribution >= 0.6 is 0 Å². The van der Waals surface area contributed by atoms with E-state index in [0.29, 0.717) is 17.2 Å². The summed E-state index contributed by atoms with van der Waals surface area (Å²) in [6.07, 6.45) is 3.84. The summed E-state index contributed by atoms with van der Waals surface area (Å²) in [7, 11) is 0. The molecule has 2 aliphatic heterocycles. The molecular formula is C19H25N3O4. The van der Waals surface area contributed by atoms with Crippen LogP contribution in [0.4, 0.5) is 5.69 Å². The van der Waals surface area contributed by atoms with Gasteiger partial charge in [0.2, 0.25) is 18.6 Å². The van der Waals surface area contributed by atoms with Crippen LogP contribution in [0.1, 0.15) is 32.6 Å². The van der Waals surface area contributed by atoms with E-state index < -0.39 is 0 Å². The van der Waals surface area contributed by atoms with Crippen LogP contribution in [0.3, 0.4) is 0 Å². The Labute approximate surface area is 153 Å². The smallest absolute Gasteiger partial charge is 0.241 e. The summed E-state index contributed by atoms with van der Waals surface area (Å²) in [5.74, 6) is 1.77. The van der Waals surface area contributed by atoms with Crippen molar-refractivity contribution in [2.24, 2.45) is 5.92 Å². The largest absolute Gasteiger partial charge is 0.454 e. The molecule has 0 spiro atoms. The molecule has 2 fully saturated rings. The van der Waals surface area contributed by atoms with Gasteiger partial charge < -0.3 is 20.1 Å². The third-order valence-electron chi connectivity index (χ3n) is 5.39. The van der Waals surface area contributed by atoms with Crippen molar-refractivity contribution < 1.29 is 19.1 Å². The number of rotatable bonds is 5. The normalized spacial score (nSPS) is 21.3. The molecule has 26 heavy (non-hydrogen) atoms. The van der Waals surface area contributed by atoms with Crippen molar-refractivity contribution in [3.8, 4) is 11.5 Å². The third-order valence-corrected chi connectivity index (χ3v) is 5.39. The Morgan fingerprint density at radius 1 is 1.12 bits per heavy atom. The molecule has 1 aromatic carbocycles. The van der Waals surface area contributed by atoms with Crippen LogP contribution in [-0.2, 0) is 9.59 Å². The lowest BCUT2D eigenvalue weighted by atomic mass is 10.0. The predicted octanol–water partition coefficient (Wildman–Crippen LogP) is 1.73. The first-order valence-corrected chi connectivity index (χ1v) is 9.35. The predicted molar refractivity (Wildman–Crippen MR) is 96.1 cm³/mol. The second kappa shape index (κ2) is 7.15. The molecule has 1 saturated heterocycles. The molecule has 140 valence electrons. The number of carbonyl (C=O) groups is 2. The molecule has 2 amide bonds. The number of ether oxygens (including phenoxy) is 2. The van der Waals surface area contributed by atoms with Gasteiger partial charge in [0.15, 0.2) is 11.5 Å². The minimum Gasteiger partial charge on any atom is -0.454 e. The maximum atomic E-state index is 12.6. The maximum absolute atomic E-state index is 12.6. The number of amides is 2. The zero-order valence-electron chi connectivity index (χ0n) is 15.0. The van der Waals surface area contributed by atoms with Gasteiger partial charge in [0.25, 0.3) is 0 Å². The van der Waals surface area contributed by atoms with E-state index in [2.05, 4.69) is 15.5 Å². The van der Waals surface area contributed by atoms with Crippen molar-refractivity contribution in [3.05, 3.63) is 18.2 Å². The number of nitrogens with zero attached hydrogens (tertiary/aromatic N) is 1. The van der Waals surface area contributed by atoms with E-state index in [9.17, 15) is 9.59 Å². The number of fused-ring (bicyclic) bond motifs is 1. The molecule has 4 rings (SSSR count). The molecule has 1 saturated carbocycles. The van der Waals surface area contributed by atoms with Gasteiger partial charge in [-0.2, -0.15) is 0 Å². The Morgan fingerprint density at radius 3 is 2.58 bits per heavy atom. The maximum Gasteiger partial charge on any atom is 0.241 e. The number of hydrogen-bond acceptors (Lipinski definition) is 5. The van der Waals surface area contributed by atoms with Crippen LogP contribution in [0.25, 0.3) is 0 Å². The number of anilines is 1. The van der Waals surface area contributed by atoms with Gasteiger partial charge in [-0.05, 0) is 44.7 Å². The van der Waals surface area contributed by atoms with E-state index in [4.69, 9.17) is 9.47 Å². The van der Waals surface area contributed by atoms with Crippen molar-refractivity contribution in [2.75, 3.05) is 25.2 Å². The topological polar surface area (TPSA) is 79.9 Å². The molecule has 0 bridgehead atoms. The van der Waals surface area contributed by atoms with Crippen LogP contribution in [0.5, 0.6) is 11.5 Å². The molecule has 3 aliphatic rings. The van der Waals surface area contributed by atoms with E-state index in [1.807, 2.05) is 13.0 Å². The number of benzene rings is 1. The molecule has 7 heteroatoms. The Hall–Kier alpha value is -2.28. The van der Waals surface area contributed by atoms with Gasteiger partial charge in [0.1, 0.15) is 0 Å². The minimum atomic E-state index is -0.222. The average Bonchev–Trinajstić information content (AvgIpc) is 3.40. The molecule has 0 radical (unpaired) electrons. The average molecular weight is 359 g/mol. The fourth-order valence-corrected chi connectivity index (χ4v) is 3.48. The summed E-state index contributed by atoms with van der Waals surface area (Å²) in [6, 6.07) is 5.42. The number of likely N-dealkylation sites (tertiary alicyclic amines) is 1. The molecule has 1 atom stereocenters. The summed E-state index contributed by atoms with van der Waals surface area (Å²) in [6.45, 7) is 3.76. The van der Waals surface area contributed by atoms with Crippen molar-refractivity contribution >= 4 is 17.5 Å². The third kappa shape index (κ3) is 3.77. The molecule has 0 aromatic heterocycles. The first kappa shape index (κ1) is 17.1. The molecule has 7 nitrogen and oxygen atoms in total.